The van der Waals surface area contributed by atoms with Crippen LogP contribution in [0.5, 0.6) is 0 Å². The lowest BCUT2D eigenvalue weighted by Crippen LogP contribution is -2.28. The van der Waals surface area contributed by atoms with Crippen LogP contribution >= 0.6 is 0 Å². The molecule has 0 aliphatic rings. The average Bonchev–Trinajstić information content (AvgIpc) is 2.20. The first-order valence-corrected chi connectivity index (χ1v) is 7.56. The van der Waals surface area contributed by atoms with Gasteiger partial charge in [0.2, 0.25) is 10.0 Å². The highest BCUT2D eigenvalue weighted by molar-refractivity contribution is 7.89. The smallest absolute Gasteiger partial charge is 0.243 e. The van der Waals surface area contributed by atoms with Crippen molar-refractivity contribution < 1.29 is 12.8 Å². The van der Waals surface area contributed by atoms with E-state index in [-0.39, 0.29) is 17.6 Å². The number of anilines is 1. The molecule has 0 aliphatic heterocycles. The number of hydrogen-bond donors (Lipinski definition) is 2. The zero-order chi connectivity index (χ0) is 14.8. The average molecular weight is 288 g/mol. The van der Waals surface area contributed by atoms with E-state index in [0.29, 0.717) is 12.0 Å². The molecule has 0 fully saturated rings. The van der Waals surface area contributed by atoms with Crippen molar-refractivity contribution in [1.29, 1.82) is 0 Å². The first-order valence-electron chi connectivity index (χ1n) is 6.08. The van der Waals surface area contributed by atoms with Crippen molar-refractivity contribution in [2.75, 3.05) is 12.3 Å². The predicted molar refractivity (Wildman–Crippen MR) is 74.8 cm³/mol. The predicted octanol–water partition coefficient (Wildman–Crippen LogP) is 2.43. The summed E-state index contributed by atoms with van der Waals surface area (Å²) in [6.07, 6.45) is 0.662. The van der Waals surface area contributed by atoms with Gasteiger partial charge in [-0.3, -0.25) is 0 Å². The summed E-state index contributed by atoms with van der Waals surface area (Å²) in [5.41, 5.74) is 6.41. The van der Waals surface area contributed by atoms with Crippen LogP contribution in [0.25, 0.3) is 0 Å². The Morgan fingerprint density at radius 3 is 2.42 bits per heavy atom. The number of rotatable bonds is 4. The molecule has 0 bridgehead atoms. The standard InChI is InChI=1S/C13H21FN2O2S/c1-9-7-10(14)12(8-11(9)15)19(17,18)16-6-5-13(2,3)4/h7-8,16H,5-6,15H2,1-4H3. The topological polar surface area (TPSA) is 72.2 Å². The maximum absolute atomic E-state index is 13.7. The first-order chi connectivity index (χ1) is 8.53. The summed E-state index contributed by atoms with van der Waals surface area (Å²) in [6, 6.07) is 2.29. The van der Waals surface area contributed by atoms with Crippen molar-refractivity contribution in [2.24, 2.45) is 5.41 Å². The Morgan fingerprint density at radius 1 is 1.32 bits per heavy atom. The Hall–Kier alpha value is -1.14. The van der Waals surface area contributed by atoms with Crippen molar-refractivity contribution in [3.8, 4) is 0 Å². The second-order valence-corrected chi connectivity index (χ2v) is 7.58. The normalized spacial score (nSPS) is 12.7. The van der Waals surface area contributed by atoms with E-state index in [2.05, 4.69) is 4.72 Å². The third-order valence-electron chi connectivity index (χ3n) is 2.78. The van der Waals surface area contributed by atoms with Crippen LogP contribution in [0.3, 0.4) is 0 Å². The van der Waals surface area contributed by atoms with Crippen LogP contribution in [0.4, 0.5) is 10.1 Å². The van der Waals surface area contributed by atoms with Crippen molar-refractivity contribution in [3.05, 3.63) is 23.5 Å². The lowest BCUT2D eigenvalue weighted by atomic mass is 9.93. The minimum Gasteiger partial charge on any atom is -0.398 e. The molecule has 1 aromatic rings. The summed E-state index contributed by atoms with van der Waals surface area (Å²) >= 11 is 0. The molecule has 1 rings (SSSR count). The molecule has 1 aromatic carbocycles. The number of sulfonamides is 1. The fourth-order valence-electron chi connectivity index (χ4n) is 1.51. The number of hydrogen-bond acceptors (Lipinski definition) is 3. The highest BCUT2D eigenvalue weighted by atomic mass is 32.2. The second kappa shape index (κ2) is 5.46. The molecule has 0 radical (unpaired) electrons. The number of aryl methyl sites for hydroxylation is 1. The molecule has 19 heavy (non-hydrogen) atoms. The van der Waals surface area contributed by atoms with Gasteiger partial charge in [-0.25, -0.2) is 17.5 Å². The van der Waals surface area contributed by atoms with Gasteiger partial charge in [-0.15, -0.1) is 0 Å². The second-order valence-electron chi connectivity index (χ2n) is 5.85. The van der Waals surface area contributed by atoms with Crippen molar-refractivity contribution >= 4 is 15.7 Å². The highest BCUT2D eigenvalue weighted by Crippen LogP contribution is 2.22. The first kappa shape index (κ1) is 15.9. The number of nitrogens with one attached hydrogen (secondary N) is 1. The molecule has 0 spiro atoms. The molecule has 0 aliphatic carbocycles. The lowest BCUT2D eigenvalue weighted by Gasteiger charge is -2.18. The minimum atomic E-state index is -3.86. The molecule has 0 saturated heterocycles. The van der Waals surface area contributed by atoms with E-state index in [1.165, 1.54) is 0 Å². The Balaban J connectivity index is 2.92. The summed E-state index contributed by atoms with van der Waals surface area (Å²) in [4.78, 5) is -0.399. The molecular weight excluding hydrogens is 267 g/mol. The molecule has 0 heterocycles. The molecule has 3 N–H and O–H groups in total. The van der Waals surface area contributed by atoms with Gasteiger partial charge in [0.25, 0.3) is 0 Å². The number of nitrogens with two attached hydrogens (primary N) is 1. The van der Waals surface area contributed by atoms with Crippen molar-refractivity contribution in [2.45, 2.75) is 39.0 Å². The summed E-state index contributed by atoms with van der Waals surface area (Å²) in [6.45, 7) is 7.91. The van der Waals surface area contributed by atoms with Gasteiger partial charge < -0.3 is 5.73 Å². The zero-order valence-electron chi connectivity index (χ0n) is 11.7. The number of nitrogen functional groups attached to an aromatic ring is 1. The molecular formula is C13H21FN2O2S. The molecule has 6 heteroatoms. The highest BCUT2D eigenvalue weighted by Gasteiger charge is 2.21. The molecule has 0 amide bonds. The van der Waals surface area contributed by atoms with Gasteiger partial charge >= 0.3 is 0 Å². The van der Waals surface area contributed by atoms with E-state index in [9.17, 15) is 12.8 Å². The lowest BCUT2D eigenvalue weighted by molar-refractivity contribution is 0.378. The van der Waals surface area contributed by atoms with Crippen LogP contribution in [0.1, 0.15) is 32.8 Å². The van der Waals surface area contributed by atoms with E-state index in [4.69, 9.17) is 5.73 Å². The van der Waals surface area contributed by atoms with E-state index in [0.717, 1.165) is 12.1 Å². The van der Waals surface area contributed by atoms with Crippen LogP contribution in [-0.4, -0.2) is 15.0 Å². The van der Waals surface area contributed by atoms with Gasteiger partial charge in [0.1, 0.15) is 10.7 Å². The third kappa shape index (κ3) is 4.47. The van der Waals surface area contributed by atoms with Crippen LogP contribution in [0.2, 0.25) is 0 Å². The van der Waals surface area contributed by atoms with Gasteiger partial charge in [-0.1, -0.05) is 20.8 Å². The molecule has 0 aromatic heterocycles. The SMILES string of the molecule is Cc1cc(F)c(S(=O)(=O)NCCC(C)(C)C)cc1N. The van der Waals surface area contributed by atoms with Crippen molar-refractivity contribution in [3.63, 3.8) is 0 Å². The zero-order valence-corrected chi connectivity index (χ0v) is 12.6. The van der Waals surface area contributed by atoms with Gasteiger partial charge in [0, 0.05) is 12.2 Å². The fourth-order valence-corrected chi connectivity index (χ4v) is 2.64. The van der Waals surface area contributed by atoms with Gasteiger partial charge in [-0.05, 0) is 36.5 Å². The van der Waals surface area contributed by atoms with E-state index < -0.39 is 20.7 Å². The maximum atomic E-state index is 13.7. The van der Waals surface area contributed by atoms with Gasteiger partial charge in [0.05, 0.1) is 0 Å². The van der Waals surface area contributed by atoms with Crippen LogP contribution in [-0.2, 0) is 10.0 Å². The monoisotopic (exact) mass is 288 g/mol. The minimum absolute atomic E-state index is 0.00731. The molecule has 0 atom stereocenters. The molecule has 0 unspecified atom stereocenters. The van der Waals surface area contributed by atoms with Gasteiger partial charge in [-0.2, -0.15) is 0 Å². The van der Waals surface area contributed by atoms with Crippen LogP contribution < -0.4 is 10.5 Å². The Kier molecular flexibility index (Phi) is 4.58. The Labute approximate surface area is 114 Å². The van der Waals surface area contributed by atoms with Gasteiger partial charge in [0.15, 0.2) is 0 Å². The van der Waals surface area contributed by atoms with Crippen LogP contribution in [0.15, 0.2) is 17.0 Å². The number of halogens is 1. The maximum Gasteiger partial charge on any atom is 0.243 e. The summed E-state index contributed by atoms with van der Waals surface area (Å²) in [5.74, 6) is -0.782. The van der Waals surface area contributed by atoms with Crippen molar-refractivity contribution in [1.82, 2.24) is 4.72 Å². The van der Waals surface area contributed by atoms with E-state index in [1.54, 1.807) is 6.92 Å². The third-order valence-corrected chi connectivity index (χ3v) is 4.25. The molecule has 108 valence electrons. The Morgan fingerprint density at radius 2 is 1.89 bits per heavy atom. The molecule has 4 nitrogen and oxygen atoms in total. The Bertz CT molecular complexity index is 563. The summed E-state index contributed by atoms with van der Waals surface area (Å²) in [7, 11) is -3.86. The quantitative estimate of drug-likeness (QED) is 0.836. The van der Waals surface area contributed by atoms with Crippen LogP contribution in [0, 0.1) is 18.2 Å². The summed E-state index contributed by atoms with van der Waals surface area (Å²) in [5, 5.41) is 0. The molecule has 0 saturated carbocycles. The summed E-state index contributed by atoms with van der Waals surface area (Å²) < 4.78 is 40.1. The van der Waals surface area contributed by atoms with E-state index >= 15 is 0 Å². The largest absolute Gasteiger partial charge is 0.398 e. The van der Waals surface area contributed by atoms with E-state index in [1.807, 2.05) is 20.8 Å². The fraction of sp³-hybridized carbons (Fsp3) is 0.538. The number of benzene rings is 1.